The Labute approximate surface area is 80.5 Å². The Morgan fingerprint density at radius 1 is 1.83 bits per heavy atom. The molecule has 0 heterocycles. The van der Waals surface area contributed by atoms with Crippen LogP contribution in [-0.4, -0.2) is 11.7 Å². The molecule has 1 fully saturated rings. The van der Waals surface area contributed by atoms with Crippen LogP contribution in [0.15, 0.2) is 0 Å². The van der Waals surface area contributed by atoms with Gasteiger partial charge in [-0.15, -0.1) is 0 Å². The maximum absolute atomic E-state index is 8.17. The summed E-state index contributed by atoms with van der Waals surface area (Å²) in [7, 11) is 0. The van der Waals surface area contributed by atoms with Crippen molar-refractivity contribution in [2.24, 2.45) is 5.92 Å². The van der Waals surface area contributed by atoms with Crippen molar-refractivity contribution in [3.05, 3.63) is 6.42 Å². The molecule has 0 aromatic rings. The van der Waals surface area contributed by atoms with Crippen LogP contribution in [0.5, 0.6) is 0 Å². The molecule has 0 saturated heterocycles. The van der Waals surface area contributed by atoms with Crippen molar-refractivity contribution < 1.29 is 56.5 Å². The number of aliphatic hydroxyl groups is 1. The molecule has 30 valence electrons. The van der Waals surface area contributed by atoms with Gasteiger partial charge in [0.15, 0.2) is 0 Å². The quantitative estimate of drug-likeness (QED) is 0.286. The minimum absolute atomic E-state index is 0. The number of aliphatic hydroxyl groups excluding tert-OH is 1. The average Bonchev–Trinajstić information content (AvgIpc) is 2.12. The van der Waals surface area contributed by atoms with E-state index in [2.05, 4.69) is 6.42 Å². The summed E-state index contributed by atoms with van der Waals surface area (Å²) in [5, 5.41) is 8.17. The fourth-order valence-electron chi connectivity index (χ4n) is 0.245. The second-order valence-corrected chi connectivity index (χ2v) is 1.41. The largest absolute Gasteiger partial charge is 1.00 e. The van der Waals surface area contributed by atoms with Gasteiger partial charge >= 0.3 is 51.4 Å². The minimum atomic E-state index is 0. The first-order chi connectivity index (χ1) is 2.43. The summed E-state index contributed by atoms with van der Waals surface area (Å²) < 4.78 is 0. The van der Waals surface area contributed by atoms with Gasteiger partial charge in [0.25, 0.3) is 0 Å². The third kappa shape index (κ3) is 2.72. The zero-order valence-corrected chi connectivity index (χ0v) is 7.14. The summed E-state index contributed by atoms with van der Waals surface area (Å²) in [5.41, 5.74) is 0. The van der Waals surface area contributed by atoms with Gasteiger partial charge in [-0.05, 0) is 0 Å². The molecule has 1 nitrogen and oxygen atoms in total. The van der Waals surface area contributed by atoms with Gasteiger partial charge in [-0.1, -0.05) is 0 Å². The number of hydrogen-bond donors (Lipinski definition) is 1. The fraction of sp³-hybridized carbons (Fsp3) is 0.750. The van der Waals surface area contributed by atoms with E-state index in [1.807, 2.05) is 0 Å². The van der Waals surface area contributed by atoms with E-state index in [1.165, 1.54) is 0 Å². The zero-order valence-electron chi connectivity index (χ0n) is 4.02. The first-order valence-electron chi connectivity index (χ1n) is 1.87. The maximum atomic E-state index is 8.17. The van der Waals surface area contributed by atoms with Crippen LogP contribution in [-0.2, 0) is 0 Å². The predicted octanol–water partition coefficient (Wildman–Crippen LogP) is -2.79. The summed E-state index contributed by atoms with van der Waals surface area (Å²) in [6.45, 7) is 0.361. The molecule has 0 aliphatic heterocycles. The van der Waals surface area contributed by atoms with Gasteiger partial charge in [-0.2, -0.15) is 5.92 Å². The standard InChI is InChI=1S/C4H7O.K/c5-3-4-1-2-4;/h1,4-5H,2-3H2;/q-1;+1/t4-;/m0./s1. The van der Waals surface area contributed by atoms with E-state index in [9.17, 15) is 0 Å². The van der Waals surface area contributed by atoms with Gasteiger partial charge < -0.3 is 11.5 Å². The Balaban J connectivity index is 0.000000250. The van der Waals surface area contributed by atoms with Crippen LogP contribution in [0.25, 0.3) is 0 Å². The normalized spacial score (nSPS) is 28.5. The maximum Gasteiger partial charge on any atom is 1.00 e. The molecule has 0 aromatic heterocycles. The van der Waals surface area contributed by atoms with E-state index in [-0.39, 0.29) is 51.4 Å². The minimum Gasteiger partial charge on any atom is -0.399 e. The van der Waals surface area contributed by atoms with Crippen molar-refractivity contribution in [2.75, 3.05) is 6.61 Å². The molecule has 1 aliphatic carbocycles. The topological polar surface area (TPSA) is 20.2 Å². The van der Waals surface area contributed by atoms with E-state index < -0.39 is 0 Å². The summed E-state index contributed by atoms with van der Waals surface area (Å²) >= 11 is 0. The van der Waals surface area contributed by atoms with Crippen molar-refractivity contribution in [1.82, 2.24) is 0 Å². The average molecular weight is 110 g/mol. The first-order valence-corrected chi connectivity index (χ1v) is 1.87. The first kappa shape index (κ1) is 7.60. The molecule has 6 heavy (non-hydrogen) atoms. The Bertz CT molecular complexity index is 34.5. The van der Waals surface area contributed by atoms with Crippen LogP contribution in [0.4, 0.5) is 0 Å². The molecule has 1 atom stereocenters. The molecule has 1 rings (SSSR count). The van der Waals surface area contributed by atoms with Gasteiger partial charge in [0.05, 0.1) is 0 Å². The van der Waals surface area contributed by atoms with Gasteiger partial charge in [-0.3, -0.25) is 0 Å². The molecular formula is C4H7KO. The molecule has 0 spiro atoms. The third-order valence-electron chi connectivity index (χ3n) is 0.804. The Morgan fingerprint density at radius 3 is 2.33 bits per heavy atom. The van der Waals surface area contributed by atoms with Crippen LogP contribution in [0.3, 0.4) is 0 Å². The number of rotatable bonds is 1. The third-order valence-corrected chi connectivity index (χ3v) is 0.804. The Morgan fingerprint density at radius 2 is 2.33 bits per heavy atom. The molecular weight excluding hydrogens is 103 g/mol. The van der Waals surface area contributed by atoms with Crippen molar-refractivity contribution in [3.63, 3.8) is 0 Å². The van der Waals surface area contributed by atoms with E-state index in [0.717, 1.165) is 6.42 Å². The Kier molecular flexibility index (Phi) is 4.53. The second kappa shape index (κ2) is 3.58. The van der Waals surface area contributed by atoms with Crippen LogP contribution in [0.2, 0.25) is 0 Å². The van der Waals surface area contributed by atoms with Crippen LogP contribution < -0.4 is 51.4 Å². The van der Waals surface area contributed by atoms with Crippen molar-refractivity contribution in [2.45, 2.75) is 6.42 Å². The molecule has 2 heteroatoms. The van der Waals surface area contributed by atoms with Gasteiger partial charge in [-0.25, -0.2) is 6.42 Å². The molecule has 1 saturated carbocycles. The molecule has 0 aromatic carbocycles. The van der Waals surface area contributed by atoms with Crippen LogP contribution in [0.1, 0.15) is 6.42 Å². The smallest absolute Gasteiger partial charge is 0.399 e. The SMILES string of the molecule is OC[C@H]1[CH-]C1.[K+]. The van der Waals surface area contributed by atoms with Gasteiger partial charge in [0, 0.05) is 6.61 Å². The summed E-state index contributed by atoms with van der Waals surface area (Å²) in [4.78, 5) is 0. The van der Waals surface area contributed by atoms with E-state index in [4.69, 9.17) is 5.11 Å². The second-order valence-electron chi connectivity index (χ2n) is 1.41. The van der Waals surface area contributed by atoms with E-state index in [0.29, 0.717) is 12.5 Å². The van der Waals surface area contributed by atoms with Gasteiger partial charge in [0.2, 0.25) is 0 Å². The van der Waals surface area contributed by atoms with E-state index in [1.54, 1.807) is 0 Å². The van der Waals surface area contributed by atoms with Crippen LogP contribution >= 0.6 is 0 Å². The van der Waals surface area contributed by atoms with Gasteiger partial charge in [0.1, 0.15) is 0 Å². The number of hydrogen-bond acceptors (Lipinski definition) is 1. The van der Waals surface area contributed by atoms with Crippen LogP contribution in [0, 0.1) is 12.3 Å². The molecule has 0 bridgehead atoms. The molecule has 1 aliphatic rings. The Hall–Kier alpha value is 1.60. The fourth-order valence-corrected chi connectivity index (χ4v) is 0.245. The summed E-state index contributed by atoms with van der Waals surface area (Å²) in [6, 6.07) is 0. The monoisotopic (exact) mass is 110 g/mol. The summed E-state index contributed by atoms with van der Waals surface area (Å²) in [5.74, 6) is 0.565. The summed E-state index contributed by atoms with van der Waals surface area (Å²) in [6.07, 6.45) is 3.23. The zero-order chi connectivity index (χ0) is 3.70. The molecule has 1 N–H and O–H groups in total. The molecule has 0 unspecified atom stereocenters. The molecule has 0 radical (unpaired) electrons. The van der Waals surface area contributed by atoms with Crippen molar-refractivity contribution >= 4 is 0 Å². The van der Waals surface area contributed by atoms with Crippen molar-refractivity contribution in [1.29, 1.82) is 0 Å². The predicted molar refractivity (Wildman–Crippen MR) is 19.5 cm³/mol. The van der Waals surface area contributed by atoms with Crippen molar-refractivity contribution in [3.8, 4) is 0 Å². The van der Waals surface area contributed by atoms with E-state index >= 15 is 0 Å². The molecule has 0 amide bonds.